The van der Waals surface area contributed by atoms with Gasteiger partial charge in [0.1, 0.15) is 18.1 Å². The summed E-state index contributed by atoms with van der Waals surface area (Å²) >= 11 is 0. The molecule has 0 saturated heterocycles. The Labute approximate surface area is 111 Å². The van der Waals surface area contributed by atoms with Gasteiger partial charge in [0.15, 0.2) is 0 Å². The summed E-state index contributed by atoms with van der Waals surface area (Å²) in [5.74, 6) is 0.723. The Morgan fingerprint density at radius 2 is 2.21 bits per heavy atom. The Bertz CT molecular complexity index is 625. The number of anilines is 1. The van der Waals surface area contributed by atoms with Crippen molar-refractivity contribution in [2.24, 2.45) is 0 Å². The number of para-hydroxylation sites is 1. The maximum absolute atomic E-state index is 12.4. The number of hydrogen-bond donors (Lipinski definition) is 1. The van der Waals surface area contributed by atoms with Gasteiger partial charge in [-0.1, -0.05) is 18.2 Å². The molecule has 4 nitrogen and oxygen atoms in total. The number of rotatable bonds is 3. The van der Waals surface area contributed by atoms with Gasteiger partial charge < -0.3 is 10.5 Å². The molecule has 0 fully saturated rings. The first kappa shape index (κ1) is 11.7. The standard InChI is InChI=1S/C15H14N2O2/c16-13-5-6-17-8-10(13)7-14(18)12-9-19-15-4-2-1-3-11(12)15/h1-6,8,12H,7,9H2,(H2,16,17). The largest absolute Gasteiger partial charge is 0.492 e. The van der Waals surface area contributed by atoms with Crippen LogP contribution in [0.3, 0.4) is 0 Å². The Hall–Kier alpha value is -2.36. The van der Waals surface area contributed by atoms with Gasteiger partial charge in [-0.25, -0.2) is 0 Å². The molecule has 2 heterocycles. The second-order valence-electron chi connectivity index (χ2n) is 4.62. The number of Topliss-reactive ketones (excluding diaryl/α,β-unsaturated/α-hetero) is 1. The van der Waals surface area contributed by atoms with Crippen LogP contribution in [0.25, 0.3) is 0 Å². The molecule has 3 rings (SSSR count). The van der Waals surface area contributed by atoms with Gasteiger partial charge in [-0.15, -0.1) is 0 Å². The van der Waals surface area contributed by atoms with Gasteiger partial charge in [0.05, 0.1) is 5.92 Å². The van der Waals surface area contributed by atoms with E-state index in [1.165, 1.54) is 0 Å². The molecule has 0 amide bonds. The maximum atomic E-state index is 12.4. The second-order valence-corrected chi connectivity index (χ2v) is 4.62. The summed E-state index contributed by atoms with van der Waals surface area (Å²) in [7, 11) is 0. The average molecular weight is 254 g/mol. The van der Waals surface area contributed by atoms with Crippen LogP contribution in [-0.2, 0) is 11.2 Å². The van der Waals surface area contributed by atoms with Crippen molar-refractivity contribution < 1.29 is 9.53 Å². The van der Waals surface area contributed by atoms with Gasteiger partial charge >= 0.3 is 0 Å². The maximum Gasteiger partial charge on any atom is 0.148 e. The Morgan fingerprint density at radius 1 is 1.37 bits per heavy atom. The molecule has 19 heavy (non-hydrogen) atoms. The molecule has 96 valence electrons. The number of nitrogen functional groups attached to an aromatic ring is 1. The minimum absolute atomic E-state index is 0.115. The summed E-state index contributed by atoms with van der Waals surface area (Å²) in [6, 6.07) is 9.37. The zero-order chi connectivity index (χ0) is 13.2. The Kier molecular flexibility index (Phi) is 2.91. The van der Waals surface area contributed by atoms with Gasteiger partial charge in [0.2, 0.25) is 0 Å². The van der Waals surface area contributed by atoms with Crippen molar-refractivity contribution in [3.05, 3.63) is 53.9 Å². The van der Waals surface area contributed by atoms with E-state index in [2.05, 4.69) is 4.98 Å². The quantitative estimate of drug-likeness (QED) is 0.909. The van der Waals surface area contributed by atoms with E-state index in [9.17, 15) is 4.79 Å². The van der Waals surface area contributed by atoms with E-state index in [1.54, 1.807) is 18.5 Å². The lowest BCUT2D eigenvalue weighted by Gasteiger charge is -2.09. The number of pyridine rings is 1. The van der Waals surface area contributed by atoms with Crippen molar-refractivity contribution in [3.63, 3.8) is 0 Å². The van der Waals surface area contributed by atoms with Crippen LogP contribution in [-0.4, -0.2) is 17.4 Å². The van der Waals surface area contributed by atoms with Crippen LogP contribution >= 0.6 is 0 Å². The van der Waals surface area contributed by atoms with Crippen LogP contribution in [0.5, 0.6) is 5.75 Å². The summed E-state index contributed by atoms with van der Waals surface area (Å²) in [5.41, 5.74) is 8.19. The molecule has 1 aliphatic rings. The predicted octanol–water partition coefficient (Wildman–Crippen LogP) is 1.95. The molecule has 0 bridgehead atoms. The van der Waals surface area contributed by atoms with E-state index in [1.807, 2.05) is 24.3 Å². The van der Waals surface area contributed by atoms with Crippen LogP contribution in [0.4, 0.5) is 5.69 Å². The highest BCUT2D eigenvalue weighted by atomic mass is 16.5. The van der Waals surface area contributed by atoms with Gasteiger partial charge in [0, 0.05) is 35.6 Å². The molecule has 1 aliphatic heterocycles. The fourth-order valence-corrected chi connectivity index (χ4v) is 2.33. The number of benzene rings is 1. The number of ketones is 1. The third-order valence-electron chi connectivity index (χ3n) is 3.39. The average Bonchev–Trinajstić information content (AvgIpc) is 2.85. The molecule has 1 aromatic heterocycles. The predicted molar refractivity (Wildman–Crippen MR) is 72.0 cm³/mol. The smallest absolute Gasteiger partial charge is 0.148 e. The summed E-state index contributed by atoms with van der Waals surface area (Å²) < 4.78 is 5.53. The Morgan fingerprint density at radius 3 is 3.05 bits per heavy atom. The van der Waals surface area contributed by atoms with Gasteiger partial charge in [-0.2, -0.15) is 0 Å². The summed E-state index contributed by atoms with van der Waals surface area (Å²) in [6.45, 7) is 0.415. The van der Waals surface area contributed by atoms with Gasteiger partial charge in [-0.05, 0) is 12.1 Å². The van der Waals surface area contributed by atoms with Crippen molar-refractivity contribution in [3.8, 4) is 5.75 Å². The molecule has 1 atom stereocenters. The molecular weight excluding hydrogens is 240 g/mol. The number of nitrogens with zero attached hydrogens (tertiary/aromatic N) is 1. The molecular formula is C15H14N2O2. The van der Waals surface area contributed by atoms with E-state index in [0.717, 1.165) is 16.9 Å². The fourth-order valence-electron chi connectivity index (χ4n) is 2.33. The second kappa shape index (κ2) is 4.72. The summed E-state index contributed by atoms with van der Waals surface area (Å²) in [4.78, 5) is 16.4. The van der Waals surface area contributed by atoms with Crippen molar-refractivity contribution in [1.82, 2.24) is 4.98 Å². The Balaban J connectivity index is 1.81. The highest BCUT2D eigenvalue weighted by Gasteiger charge is 2.29. The third kappa shape index (κ3) is 2.17. The first-order valence-electron chi connectivity index (χ1n) is 6.18. The van der Waals surface area contributed by atoms with Crippen molar-refractivity contribution in [2.45, 2.75) is 12.3 Å². The molecule has 0 spiro atoms. The topological polar surface area (TPSA) is 65.2 Å². The van der Waals surface area contributed by atoms with Crippen molar-refractivity contribution in [2.75, 3.05) is 12.3 Å². The molecule has 1 unspecified atom stereocenters. The molecule has 2 aromatic rings. The molecule has 0 radical (unpaired) electrons. The number of carbonyl (C=O) groups is 1. The molecule has 0 aliphatic carbocycles. The highest BCUT2D eigenvalue weighted by molar-refractivity contribution is 5.90. The lowest BCUT2D eigenvalue weighted by atomic mass is 9.93. The summed E-state index contributed by atoms with van der Waals surface area (Å²) in [5, 5.41) is 0. The third-order valence-corrected chi connectivity index (χ3v) is 3.39. The number of hydrogen-bond acceptors (Lipinski definition) is 4. The first-order chi connectivity index (χ1) is 9.25. The number of ether oxygens (including phenoxy) is 1. The number of aromatic nitrogens is 1. The normalized spacial score (nSPS) is 16.7. The molecule has 2 N–H and O–H groups in total. The van der Waals surface area contributed by atoms with Gasteiger partial charge in [-0.3, -0.25) is 9.78 Å². The van der Waals surface area contributed by atoms with Crippen LogP contribution in [0.15, 0.2) is 42.7 Å². The van der Waals surface area contributed by atoms with Gasteiger partial charge in [0.25, 0.3) is 0 Å². The zero-order valence-corrected chi connectivity index (χ0v) is 10.4. The lowest BCUT2D eigenvalue weighted by Crippen LogP contribution is -2.17. The SMILES string of the molecule is Nc1ccncc1CC(=O)C1COc2ccccc21. The van der Waals surface area contributed by atoms with Crippen LogP contribution in [0, 0.1) is 0 Å². The highest BCUT2D eigenvalue weighted by Crippen LogP contribution is 2.34. The van der Waals surface area contributed by atoms with Crippen molar-refractivity contribution >= 4 is 11.5 Å². The fraction of sp³-hybridized carbons (Fsp3) is 0.200. The van der Waals surface area contributed by atoms with Crippen LogP contribution in [0.1, 0.15) is 17.0 Å². The van der Waals surface area contributed by atoms with Crippen molar-refractivity contribution in [1.29, 1.82) is 0 Å². The lowest BCUT2D eigenvalue weighted by molar-refractivity contribution is -0.120. The van der Waals surface area contributed by atoms with E-state index >= 15 is 0 Å². The van der Waals surface area contributed by atoms with E-state index in [-0.39, 0.29) is 11.7 Å². The minimum Gasteiger partial charge on any atom is -0.492 e. The summed E-state index contributed by atoms with van der Waals surface area (Å²) in [6.07, 6.45) is 3.56. The van der Waals surface area contributed by atoms with Crippen LogP contribution < -0.4 is 10.5 Å². The van der Waals surface area contributed by atoms with Crippen LogP contribution in [0.2, 0.25) is 0 Å². The minimum atomic E-state index is -0.198. The molecule has 4 heteroatoms. The number of fused-ring (bicyclic) bond motifs is 1. The van der Waals surface area contributed by atoms with E-state index < -0.39 is 0 Å². The number of nitrogens with two attached hydrogens (primary N) is 1. The monoisotopic (exact) mass is 254 g/mol. The first-order valence-corrected chi connectivity index (χ1v) is 6.18. The van der Waals surface area contributed by atoms with E-state index in [4.69, 9.17) is 10.5 Å². The molecule has 1 aromatic carbocycles. The number of carbonyl (C=O) groups excluding carboxylic acids is 1. The van der Waals surface area contributed by atoms with E-state index in [0.29, 0.717) is 18.7 Å². The molecule has 0 saturated carbocycles. The zero-order valence-electron chi connectivity index (χ0n) is 10.4.